The fraction of sp³-hybridized carbons (Fsp3) is 0.391. The number of hydrogen-bond acceptors (Lipinski definition) is 6. The Morgan fingerprint density at radius 1 is 0.967 bits per heavy atom. The van der Waals surface area contributed by atoms with Crippen molar-refractivity contribution >= 4 is 11.8 Å². The highest BCUT2D eigenvalue weighted by Gasteiger charge is 2.15. The van der Waals surface area contributed by atoms with Crippen LogP contribution in [0.15, 0.2) is 30.3 Å². The van der Waals surface area contributed by atoms with E-state index < -0.39 is 5.97 Å². The lowest BCUT2D eigenvalue weighted by Crippen LogP contribution is -2.05. The molecule has 0 atom stereocenters. The maximum absolute atomic E-state index is 12.0. The number of ether oxygens (including phenoxy) is 3. The number of ketones is 1. The minimum atomic E-state index is -1.03. The fourth-order valence-electron chi connectivity index (χ4n) is 2.91. The number of carbonyl (C=O) groups excluding carboxylic acids is 1. The van der Waals surface area contributed by atoms with Crippen molar-refractivity contribution in [3.8, 4) is 23.0 Å². The third-order valence-electron chi connectivity index (χ3n) is 4.62. The highest BCUT2D eigenvalue weighted by atomic mass is 16.5. The third kappa shape index (κ3) is 5.89. The summed E-state index contributed by atoms with van der Waals surface area (Å²) in [5.74, 6) is 0.278. The summed E-state index contributed by atoms with van der Waals surface area (Å²) < 4.78 is 16.6. The van der Waals surface area contributed by atoms with Crippen LogP contribution in [0.25, 0.3) is 0 Å². The van der Waals surface area contributed by atoms with Crippen LogP contribution in [0.5, 0.6) is 23.0 Å². The summed E-state index contributed by atoms with van der Waals surface area (Å²) in [6.45, 7) is 4.50. The zero-order valence-corrected chi connectivity index (χ0v) is 17.6. The summed E-state index contributed by atoms with van der Waals surface area (Å²) in [6, 6.07) is 7.78. The Morgan fingerprint density at radius 2 is 1.60 bits per heavy atom. The van der Waals surface area contributed by atoms with Gasteiger partial charge in [0.2, 0.25) is 0 Å². The topological polar surface area (TPSA) is 102 Å². The molecule has 2 aromatic carbocycles. The van der Waals surface area contributed by atoms with Crippen LogP contribution < -0.4 is 14.2 Å². The van der Waals surface area contributed by atoms with Crippen molar-refractivity contribution in [3.05, 3.63) is 47.0 Å². The van der Waals surface area contributed by atoms with Gasteiger partial charge in [0.1, 0.15) is 11.5 Å². The summed E-state index contributed by atoms with van der Waals surface area (Å²) in [5, 5.41) is 19.3. The van der Waals surface area contributed by atoms with Gasteiger partial charge < -0.3 is 24.4 Å². The summed E-state index contributed by atoms with van der Waals surface area (Å²) in [4.78, 5) is 23.0. The number of phenols is 1. The second kappa shape index (κ2) is 11.1. The largest absolute Gasteiger partial charge is 0.507 e. The quantitative estimate of drug-likeness (QED) is 0.384. The predicted molar refractivity (Wildman–Crippen MR) is 112 cm³/mol. The normalized spacial score (nSPS) is 10.5. The van der Waals surface area contributed by atoms with E-state index in [0.29, 0.717) is 60.9 Å². The fourth-order valence-corrected chi connectivity index (χ4v) is 2.91. The molecule has 0 fully saturated rings. The molecule has 0 aliphatic rings. The lowest BCUT2D eigenvalue weighted by atomic mass is 10.0. The highest BCUT2D eigenvalue weighted by Crippen LogP contribution is 2.32. The SMILES string of the molecule is CCCC(=O)c1ccc(OCCCCOc2ccc(C(=O)O)cc2OC)c(C)c1O. The number of carboxylic acid groups (broad SMARTS) is 1. The molecule has 0 spiro atoms. The zero-order valence-electron chi connectivity index (χ0n) is 17.6. The number of carboxylic acids is 1. The second-order valence-corrected chi connectivity index (χ2v) is 6.83. The van der Waals surface area contributed by atoms with Gasteiger partial charge in [-0.3, -0.25) is 4.79 Å². The van der Waals surface area contributed by atoms with E-state index in [1.54, 1.807) is 25.1 Å². The van der Waals surface area contributed by atoms with Crippen molar-refractivity contribution in [2.24, 2.45) is 0 Å². The van der Waals surface area contributed by atoms with Crippen LogP contribution in [-0.2, 0) is 0 Å². The summed E-state index contributed by atoms with van der Waals surface area (Å²) in [5.41, 5.74) is 1.02. The average molecular weight is 416 g/mol. The molecule has 30 heavy (non-hydrogen) atoms. The first kappa shape index (κ1) is 23.1. The minimum absolute atomic E-state index is 0.0220. The number of phenolic OH excluding ortho intramolecular Hbond substituents is 1. The van der Waals surface area contributed by atoms with Crippen molar-refractivity contribution in [3.63, 3.8) is 0 Å². The predicted octanol–water partition coefficient (Wildman–Crippen LogP) is 4.63. The van der Waals surface area contributed by atoms with Gasteiger partial charge >= 0.3 is 5.97 Å². The van der Waals surface area contributed by atoms with Crippen LogP contribution in [0.4, 0.5) is 0 Å². The molecule has 2 rings (SSSR count). The molecule has 0 bridgehead atoms. The molecule has 0 aliphatic heterocycles. The van der Waals surface area contributed by atoms with Gasteiger partial charge in [0.05, 0.1) is 31.5 Å². The molecule has 7 heteroatoms. The van der Waals surface area contributed by atoms with Crippen molar-refractivity contribution in [1.29, 1.82) is 0 Å². The average Bonchev–Trinajstić information content (AvgIpc) is 2.73. The number of rotatable bonds is 12. The molecule has 0 aromatic heterocycles. The van der Waals surface area contributed by atoms with Crippen molar-refractivity contribution in [2.45, 2.75) is 39.5 Å². The first-order valence-corrected chi connectivity index (χ1v) is 9.91. The number of Topliss-reactive ketones (excluding diaryl/α,β-unsaturated/α-hetero) is 1. The summed E-state index contributed by atoms with van der Waals surface area (Å²) >= 11 is 0. The monoisotopic (exact) mass is 416 g/mol. The Balaban J connectivity index is 1.81. The van der Waals surface area contributed by atoms with Gasteiger partial charge in [-0.2, -0.15) is 0 Å². The molecule has 0 amide bonds. The maximum atomic E-state index is 12.0. The van der Waals surface area contributed by atoms with Crippen LogP contribution in [0.1, 0.15) is 58.9 Å². The summed E-state index contributed by atoms with van der Waals surface area (Å²) in [6.07, 6.45) is 2.55. The van der Waals surface area contributed by atoms with E-state index in [-0.39, 0.29) is 17.1 Å². The zero-order chi connectivity index (χ0) is 22.1. The molecular weight excluding hydrogens is 388 g/mol. The van der Waals surface area contributed by atoms with Gasteiger partial charge in [-0.25, -0.2) is 4.79 Å². The van der Waals surface area contributed by atoms with Crippen LogP contribution in [-0.4, -0.2) is 42.3 Å². The number of carbonyl (C=O) groups is 2. The highest BCUT2D eigenvalue weighted by molar-refractivity contribution is 5.99. The number of methoxy groups -OCH3 is 1. The molecule has 0 aliphatic carbocycles. The van der Waals surface area contributed by atoms with Crippen LogP contribution in [0.3, 0.4) is 0 Å². The molecule has 2 aromatic rings. The third-order valence-corrected chi connectivity index (χ3v) is 4.62. The standard InChI is InChI=1S/C23H28O7/c1-4-7-18(24)17-9-11-19(15(2)22(17)25)29-12-5-6-13-30-20-10-8-16(23(26)27)14-21(20)28-3/h8-11,14,25H,4-7,12-13H2,1-3H3,(H,26,27). The molecular formula is C23H28O7. The second-order valence-electron chi connectivity index (χ2n) is 6.83. The lowest BCUT2D eigenvalue weighted by Gasteiger charge is -2.13. The molecule has 0 saturated carbocycles. The van der Waals surface area contributed by atoms with Crippen molar-refractivity contribution in [1.82, 2.24) is 0 Å². The molecule has 7 nitrogen and oxygen atoms in total. The van der Waals surface area contributed by atoms with Crippen LogP contribution >= 0.6 is 0 Å². The number of aromatic carboxylic acids is 1. The van der Waals surface area contributed by atoms with Gasteiger partial charge in [-0.05, 0) is 56.5 Å². The van der Waals surface area contributed by atoms with Gasteiger partial charge in [0, 0.05) is 12.0 Å². The molecule has 0 saturated heterocycles. The van der Waals surface area contributed by atoms with Crippen LogP contribution in [0, 0.1) is 6.92 Å². The van der Waals surface area contributed by atoms with Crippen molar-refractivity contribution in [2.75, 3.05) is 20.3 Å². The van der Waals surface area contributed by atoms with Crippen LogP contribution in [0.2, 0.25) is 0 Å². The van der Waals surface area contributed by atoms with Gasteiger partial charge in [-0.1, -0.05) is 6.92 Å². The summed E-state index contributed by atoms with van der Waals surface area (Å²) in [7, 11) is 1.46. The minimum Gasteiger partial charge on any atom is -0.507 e. The first-order valence-electron chi connectivity index (χ1n) is 9.91. The molecule has 0 heterocycles. The van der Waals surface area contributed by atoms with E-state index in [1.807, 2.05) is 6.92 Å². The first-order chi connectivity index (χ1) is 14.4. The number of benzene rings is 2. The van der Waals surface area contributed by atoms with E-state index >= 15 is 0 Å². The Hall–Kier alpha value is -3.22. The lowest BCUT2D eigenvalue weighted by molar-refractivity contribution is 0.0696. The smallest absolute Gasteiger partial charge is 0.335 e. The Morgan fingerprint density at radius 3 is 2.20 bits per heavy atom. The number of unbranched alkanes of at least 4 members (excludes halogenated alkanes) is 1. The van der Waals surface area contributed by atoms with E-state index in [2.05, 4.69) is 0 Å². The molecule has 2 N–H and O–H groups in total. The van der Waals surface area contributed by atoms with Gasteiger partial charge in [0.25, 0.3) is 0 Å². The Kier molecular flexibility index (Phi) is 8.53. The van der Waals surface area contributed by atoms with Gasteiger partial charge in [0.15, 0.2) is 17.3 Å². The van der Waals surface area contributed by atoms with E-state index in [4.69, 9.17) is 19.3 Å². The number of hydrogen-bond donors (Lipinski definition) is 2. The van der Waals surface area contributed by atoms with Gasteiger partial charge in [-0.15, -0.1) is 0 Å². The molecule has 0 unspecified atom stereocenters. The van der Waals surface area contributed by atoms with E-state index in [0.717, 1.165) is 6.42 Å². The van der Waals surface area contributed by atoms with E-state index in [1.165, 1.54) is 19.2 Å². The van der Waals surface area contributed by atoms with E-state index in [9.17, 15) is 14.7 Å². The molecule has 162 valence electrons. The maximum Gasteiger partial charge on any atom is 0.335 e. The molecule has 0 radical (unpaired) electrons. The Labute approximate surface area is 176 Å². The Bertz CT molecular complexity index is 889. The number of aromatic hydroxyl groups is 1. The van der Waals surface area contributed by atoms with Crippen molar-refractivity contribution < 1.29 is 34.0 Å².